The van der Waals surface area contributed by atoms with Crippen LogP contribution in [0.3, 0.4) is 0 Å². The van der Waals surface area contributed by atoms with E-state index in [1.165, 1.54) is 12.1 Å². The molecule has 0 spiro atoms. The van der Waals surface area contributed by atoms with Crippen molar-refractivity contribution < 1.29 is 26.7 Å². The predicted molar refractivity (Wildman–Crippen MR) is 93.3 cm³/mol. The summed E-state index contributed by atoms with van der Waals surface area (Å²) >= 11 is 0. The molecule has 0 aromatic heterocycles. The van der Waals surface area contributed by atoms with Gasteiger partial charge in [0.2, 0.25) is 0 Å². The van der Waals surface area contributed by atoms with Gasteiger partial charge in [-0.2, -0.15) is 8.78 Å². The van der Waals surface area contributed by atoms with Crippen molar-refractivity contribution in [3.63, 3.8) is 0 Å². The van der Waals surface area contributed by atoms with Gasteiger partial charge in [0.15, 0.2) is 17.5 Å². The molecule has 27 heavy (non-hydrogen) atoms. The van der Waals surface area contributed by atoms with Crippen LogP contribution in [0.5, 0.6) is 5.75 Å². The van der Waals surface area contributed by atoms with E-state index >= 15 is 0 Å². The van der Waals surface area contributed by atoms with Gasteiger partial charge in [-0.15, -0.1) is 6.58 Å². The normalized spacial score (nSPS) is 11.6. The van der Waals surface area contributed by atoms with E-state index in [9.17, 15) is 22.0 Å². The zero-order chi connectivity index (χ0) is 19.6. The third kappa shape index (κ3) is 3.94. The molecule has 0 saturated carbocycles. The van der Waals surface area contributed by atoms with Crippen molar-refractivity contribution in [2.45, 2.75) is 19.0 Å². The third-order valence-corrected chi connectivity index (χ3v) is 4.12. The summed E-state index contributed by atoms with van der Waals surface area (Å²) < 4.78 is 73.9. The van der Waals surface area contributed by atoms with Crippen LogP contribution in [0.25, 0.3) is 10.8 Å². The minimum atomic E-state index is -3.65. The van der Waals surface area contributed by atoms with E-state index in [1.807, 2.05) is 0 Å². The number of hydrogen-bond acceptors (Lipinski definition) is 1. The number of fused-ring (bicyclic) bond motifs is 1. The Kier molecular flexibility index (Phi) is 5.17. The molecule has 3 aromatic rings. The quantitative estimate of drug-likeness (QED) is 0.270. The van der Waals surface area contributed by atoms with Crippen LogP contribution in [-0.2, 0) is 12.5 Å². The van der Waals surface area contributed by atoms with Crippen molar-refractivity contribution in [3.8, 4) is 5.75 Å². The lowest BCUT2D eigenvalue weighted by Crippen LogP contribution is -2.21. The molecule has 0 aliphatic heterocycles. The molecule has 0 fully saturated rings. The van der Waals surface area contributed by atoms with Gasteiger partial charge in [-0.25, -0.2) is 13.2 Å². The number of halogens is 5. The van der Waals surface area contributed by atoms with Crippen molar-refractivity contribution >= 4 is 10.8 Å². The largest absolute Gasteiger partial charge is 0.429 e. The Balaban J connectivity index is 1.86. The number of hydrogen-bond donors (Lipinski definition) is 0. The summed E-state index contributed by atoms with van der Waals surface area (Å²) in [5.41, 5.74) is 0.523. The first-order valence-electron chi connectivity index (χ1n) is 8.16. The van der Waals surface area contributed by atoms with E-state index < -0.39 is 23.6 Å². The molecule has 0 radical (unpaired) electrons. The van der Waals surface area contributed by atoms with E-state index in [1.54, 1.807) is 18.2 Å². The van der Waals surface area contributed by atoms with Gasteiger partial charge in [-0.3, -0.25) is 0 Å². The summed E-state index contributed by atoms with van der Waals surface area (Å²) in [6, 6.07) is 9.57. The summed E-state index contributed by atoms with van der Waals surface area (Å²) in [5, 5.41) is -0.310. The fraction of sp³-hybridized carbons (Fsp3) is 0.143. The van der Waals surface area contributed by atoms with Crippen molar-refractivity contribution in [3.05, 3.63) is 89.8 Å². The summed E-state index contributed by atoms with van der Waals surface area (Å²) in [6.07, 6.45) is -0.490. The van der Waals surface area contributed by atoms with Crippen LogP contribution in [0.15, 0.2) is 61.2 Å². The highest BCUT2D eigenvalue weighted by molar-refractivity contribution is 5.84. The highest BCUT2D eigenvalue weighted by Gasteiger charge is 2.34. The van der Waals surface area contributed by atoms with Crippen LogP contribution in [0.2, 0.25) is 0 Å². The van der Waals surface area contributed by atoms with Crippen LogP contribution in [0.4, 0.5) is 22.0 Å². The van der Waals surface area contributed by atoms with Gasteiger partial charge in [0.05, 0.1) is 5.56 Å². The molecular formula is C21H15F5O. The zero-order valence-corrected chi connectivity index (χ0v) is 14.1. The SMILES string of the molecule is C=CCCc1ccc(C(F)(F)Oc2ccc3c(F)c(F)c(F)cc3c2)cc1. The number of ether oxygens (including phenoxy) is 1. The van der Waals surface area contributed by atoms with Crippen LogP contribution in [-0.4, -0.2) is 0 Å². The first-order chi connectivity index (χ1) is 12.8. The first kappa shape index (κ1) is 18.9. The van der Waals surface area contributed by atoms with Crippen LogP contribution in [0, 0.1) is 17.5 Å². The van der Waals surface area contributed by atoms with Gasteiger partial charge in [-0.05, 0) is 60.2 Å². The predicted octanol–water partition coefficient (Wildman–Crippen LogP) is 6.50. The third-order valence-electron chi connectivity index (χ3n) is 4.12. The van der Waals surface area contributed by atoms with Gasteiger partial charge in [-0.1, -0.05) is 18.2 Å². The Labute approximate surface area is 152 Å². The number of benzene rings is 3. The van der Waals surface area contributed by atoms with Gasteiger partial charge in [0.25, 0.3) is 0 Å². The molecule has 0 atom stereocenters. The van der Waals surface area contributed by atoms with Crippen molar-refractivity contribution in [1.29, 1.82) is 0 Å². The van der Waals surface area contributed by atoms with Gasteiger partial charge >= 0.3 is 6.11 Å². The van der Waals surface area contributed by atoms with Gasteiger partial charge in [0, 0.05) is 5.39 Å². The Morgan fingerprint density at radius 1 is 0.926 bits per heavy atom. The maximum atomic E-state index is 14.4. The minimum Gasteiger partial charge on any atom is -0.429 e. The lowest BCUT2D eigenvalue weighted by molar-refractivity contribution is -0.185. The molecule has 0 aliphatic rings. The maximum Gasteiger partial charge on any atom is 0.426 e. The van der Waals surface area contributed by atoms with Crippen LogP contribution >= 0.6 is 0 Å². The molecule has 0 bridgehead atoms. The fourth-order valence-corrected chi connectivity index (χ4v) is 2.69. The average molecular weight is 378 g/mol. The van der Waals surface area contributed by atoms with Crippen molar-refractivity contribution in [1.82, 2.24) is 0 Å². The maximum absolute atomic E-state index is 14.4. The van der Waals surface area contributed by atoms with E-state index in [4.69, 9.17) is 4.74 Å². The number of allylic oxidation sites excluding steroid dienone is 1. The minimum absolute atomic E-state index is 0.0838. The highest BCUT2D eigenvalue weighted by atomic mass is 19.3. The monoisotopic (exact) mass is 378 g/mol. The standard InChI is InChI=1S/C21H15F5O/c1-2-3-4-13-5-7-15(8-6-13)21(25,26)27-16-9-10-17-14(11-16)12-18(22)20(24)19(17)23/h2,5-12H,1,3-4H2. The van der Waals surface area contributed by atoms with E-state index in [-0.39, 0.29) is 22.1 Å². The number of aryl methyl sites for hydroxylation is 1. The van der Waals surface area contributed by atoms with Crippen molar-refractivity contribution in [2.75, 3.05) is 0 Å². The summed E-state index contributed by atoms with van der Waals surface area (Å²) in [7, 11) is 0. The Morgan fingerprint density at radius 2 is 1.63 bits per heavy atom. The highest BCUT2D eigenvalue weighted by Crippen LogP contribution is 2.34. The molecule has 0 saturated heterocycles. The Bertz CT molecular complexity index is 980. The topological polar surface area (TPSA) is 9.23 Å². The van der Waals surface area contributed by atoms with E-state index in [0.29, 0.717) is 6.42 Å². The second-order valence-corrected chi connectivity index (χ2v) is 6.01. The molecule has 0 heterocycles. The van der Waals surface area contributed by atoms with E-state index in [0.717, 1.165) is 36.2 Å². The molecule has 0 N–H and O–H groups in total. The van der Waals surface area contributed by atoms with E-state index in [2.05, 4.69) is 6.58 Å². The summed E-state index contributed by atoms with van der Waals surface area (Å²) in [6.45, 7) is 3.61. The second kappa shape index (κ2) is 7.39. The first-order valence-corrected chi connectivity index (χ1v) is 8.16. The molecule has 0 unspecified atom stereocenters. The lowest BCUT2D eigenvalue weighted by atomic mass is 10.1. The summed E-state index contributed by atoms with van der Waals surface area (Å²) in [5.74, 6) is -4.69. The Hall–Kier alpha value is -2.89. The molecule has 6 heteroatoms. The molecule has 3 aromatic carbocycles. The van der Waals surface area contributed by atoms with Gasteiger partial charge in [0.1, 0.15) is 5.75 Å². The molecule has 0 aliphatic carbocycles. The molecule has 0 amide bonds. The number of alkyl halides is 2. The van der Waals surface area contributed by atoms with Crippen molar-refractivity contribution in [2.24, 2.45) is 0 Å². The average Bonchev–Trinajstić information content (AvgIpc) is 2.64. The lowest BCUT2D eigenvalue weighted by Gasteiger charge is -2.19. The smallest absolute Gasteiger partial charge is 0.426 e. The molecule has 140 valence electrons. The zero-order valence-electron chi connectivity index (χ0n) is 14.1. The number of rotatable bonds is 6. The molecule has 3 rings (SSSR count). The second-order valence-electron chi connectivity index (χ2n) is 6.01. The molecular weight excluding hydrogens is 363 g/mol. The summed E-state index contributed by atoms with van der Waals surface area (Å²) in [4.78, 5) is 0. The molecule has 1 nitrogen and oxygen atoms in total. The van der Waals surface area contributed by atoms with Gasteiger partial charge < -0.3 is 4.74 Å². The van der Waals surface area contributed by atoms with Crippen LogP contribution in [0.1, 0.15) is 17.5 Å². The Morgan fingerprint density at radius 3 is 2.30 bits per heavy atom. The van der Waals surface area contributed by atoms with Crippen LogP contribution < -0.4 is 4.74 Å². The fourth-order valence-electron chi connectivity index (χ4n) is 2.69.